The molecule has 16 heavy (non-hydrogen) atoms. The average Bonchev–Trinajstić information content (AvgIpc) is 2.83. The molecule has 1 saturated heterocycles. The van der Waals surface area contributed by atoms with E-state index in [1.165, 1.54) is 31.6 Å². The van der Waals surface area contributed by atoms with Gasteiger partial charge in [-0.3, -0.25) is 0 Å². The first-order chi connectivity index (χ1) is 7.90. The third kappa shape index (κ3) is 2.89. The molecule has 0 radical (unpaired) electrons. The molecule has 0 spiro atoms. The third-order valence-electron chi connectivity index (χ3n) is 2.85. The van der Waals surface area contributed by atoms with Gasteiger partial charge in [0.2, 0.25) is 0 Å². The zero-order valence-corrected chi connectivity index (χ0v) is 9.82. The molecular weight excluding hydrogens is 202 g/mol. The molecule has 0 atom stereocenters. The van der Waals surface area contributed by atoms with Crippen LogP contribution in [-0.2, 0) is 4.74 Å². The summed E-state index contributed by atoms with van der Waals surface area (Å²) in [7, 11) is 1.68. The van der Waals surface area contributed by atoms with E-state index in [1.54, 1.807) is 7.11 Å². The van der Waals surface area contributed by atoms with Gasteiger partial charge in [0, 0.05) is 32.0 Å². The predicted octanol–water partition coefficient (Wildman–Crippen LogP) is 2.31. The molecule has 1 aliphatic heterocycles. The van der Waals surface area contributed by atoms with E-state index in [4.69, 9.17) is 9.47 Å². The van der Waals surface area contributed by atoms with Crippen LogP contribution in [0.2, 0.25) is 0 Å². The van der Waals surface area contributed by atoms with Crippen LogP contribution in [0.15, 0.2) is 24.3 Å². The minimum absolute atomic E-state index is 0.611. The molecule has 0 unspecified atom stereocenters. The van der Waals surface area contributed by atoms with Crippen molar-refractivity contribution in [2.75, 3.05) is 38.3 Å². The Balaban J connectivity index is 1.95. The lowest BCUT2D eigenvalue weighted by Gasteiger charge is -2.18. The summed E-state index contributed by atoms with van der Waals surface area (Å²) in [6.07, 6.45) is 2.60. The van der Waals surface area contributed by atoms with Gasteiger partial charge in [-0.1, -0.05) is 6.07 Å². The fraction of sp³-hybridized carbons (Fsp3) is 0.538. The third-order valence-corrected chi connectivity index (χ3v) is 2.85. The Kier molecular flexibility index (Phi) is 4.05. The van der Waals surface area contributed by atoms with Gasteiger partial charge in [-0.2, -0.15) is 0 Å². The van der Waals surface area contributed by atoms with Crippen molar-refractivity contribution >= 4 is 5.69 Å². The van der Waals surface area contributed by atoms with Crippen LogP contribution >= 0.6 is 0 Å². The summed E-state index contributed by atoms with van der Waals surface area (Å²) in [5.74, 6) is 0.932. The summed E-state index contributed by atoms with van der Waals surface area (Å²) in [5.41, 5.74) is 1.27. The molecule has 2 rings (SSSR count). The molecule has 0 N–H and O–H groups in total. The van der Waals surface area contributed by atoms with Crippen molar-refractivity contribution in [2.45, 2.75) is 12.8 Å². The van der Waals surface area contributed by atoms with Gasteiger partial charge in [-0.25, -0.2) is 0 Å². The first kappa shape index (κ1) is 11.3. The summed E-state index contributed by atoms with van der Waals surface area (Å²) < 4.78 is 10.6. The number of hydrogen-bond acceptors (Lipinski definition) is 3. The van der Waals surface area contributed by atoms with Gasteiger partial charge >= 0.3 is 0 Å². The SMILES string of the molecule is COCCOc1cccc(N2CCCC2)c1. The molecule has 0 saturated carbocycles. The van der Waals surface area contributed by atoms with Crippen LogP contribution in [0.5, 0.6) is 5.75 Å². The van der Waals surface area contributed by atoms with E-state index in [2.05, 4.69) is 23.1 Å². The molecule has 1 aromatic rings. The van der Waals surface area contributed by atoms with Crippen molar-refractivity contribution in [3.63, 3.8) is 0 Å². The normalized spacial score (nSPS) is 15.4. The Labute approximate surface area is 97.0 Å². The Morgan fingerprint density at radius 3 is 2.75 bits per heavy atom. The number of anilines is 1. The van der Waals surface area contributed by atoms with Crippen LogP contribution in [-0.4, -0.2) is 33.4 Å². The number of hydrogen-bond donors (Lipinski definition) is 0. The van der Waals surface area contributed by atoms with E-state index >= 15 is 0 Å². The molecule has 0 aliphatic carbocycles. The molecule has 0 aromatic heterocycles. The monoisotopic (exact) mass is 221 g/mol. The molecule has 3 nitrogen and oxygen atoms in total. The zero-order chi connectivity index (χ0) is 11.2. The summed E-state index contributed by atoms with van der Waals surface area (Å²) in [4.78, 5) is 2.41. The van der Waals surface area contributed by atoms with E-state index in [1.807, 2.05) is 6.07 Å². The highest BCUT2D eigenvalue weighted by Gasteiger charge is 2.12. The summed E-state index contributed by atoms with van der Waals surface area (Å²) in [5, 5.41) is 0. The van der Waals surface area contributed by atoms with E-state index < -0.39 is 0 Å². The Morgan fingerprint density at radius 1 is 1.19 bits per heavy atom. The number of nitrogens with zero attached hydrogens (tertiary/aromatic N) is 1. The lowest BCUT2D eigenvalue weighted by atomic mass is 10.3. The van der Waals surface area contributed by atoms with Crippen LogP contribution in [0.4, 0.5) is 5.69 Å². The number of benzene rings is 1. The first-order valence-corrected chi connectivity index (χ1v) is 5.87. The van der Waals surface area contributed by atoms with Crippen molar-refractivity contribution in [1.29, 1.82) is 0 Å². The van der Waals surface area contributed by atoms with Gasteiger partial charge in [0.1, 0.15) is 12.4 Å². The molecular formula is C13H19NO2. The van der Waals surface area contributed by atoms with Crippen molar-refractivity contribution in [2.24, 2.45) is 0 Å². The lowest BCUT2D eigenvalue weighted by molar-refractivity contribution is 0.146. The maximum Gasteiger partial charge on any atom is 0.121 e. The highest BCUT2D eigenvalue weighted by atomic mass is 16.5. The Hall–Kier alpha value is -1.22. The highest BCUT2D eigenvalue weighted by Crippen LogP contribution is 2.24. The van der Waals surface area contributed by atoms with Crippen LogP contribution < -0.4 is 9.64 Å². The van der Waals surface area contributed by atoms with E-state index in [0.717, 1.165) is 5.75 Å². The van der Waals surface area contributed by atoms with Crippen LogP contribution in [0.3, 0.4) is 0 Å². The standard InChI is InChI=1S/C13H19NO2/c1-15-9-10-16-13-6-4-5-12(11-13)14-7-2-3-8-14/h4-6,11H,2-3,7-10H2,1H3. The number of rotatable bonds is 5. The van der Waals surface area contributed by atoms with Crippen molar-refractivity contribution in [3.8, 4) is 5.75 Å². The average molecular weight is 221 g/mol. The molecule has 1 fully saturated rings. The van der Waals surface area contributed by atoms with Crippen molar-refractivity contribution in [3.05, 3.63) is 24.3 Å². The molecule has 1 aliphatic rings. The second kappa shape index (κ2) is 5.75. The number of ether oxygens (including phenoxy) is 2. The molecule has 1 heterocycles. The van der Waals surface area contributed by atoms with Crippen LogP contribution in [0.1, 0.15) is 12.8 Å². The number of methoxy groups -OCH3 is 1. The predicted molar refractivity (Wildman–Crippen MR) is 65.3 cm³/mol. The fourth-order valence-corrected chi connectivity index (χ4v) is 1.99. The van der Waals surface area contributed by atoms with E-state index in [0.29, 0.717) is 13.2 Å². The fourth-order valence-electron chi connectivity index (χ4n) is 1.99. The van der Waals surface area contributed by atoms with Crippen molar-refractivity contribution in [1.82, 2.24) is 0 Å². The minimum atomic E-state index is 0.611. The van der Waals surface area contributed by atoms with E-state index in [9.17, 15) is 0 Å². The van der Waals surface area contributed by atoms with Crippen LogP contribution in [0.25, 0.3) is 0 Å². The van der Waals surface area contributed by atoms with Gasteiger partial charge in [-0.15, -0.1) is 0 Å². The summed E-state index contributed by atoms with van der Waals surface area (Å²) >= 11 is 0. The summed E-state index contributed by atoms with van der Waals surface area (Å²) in [6.45, 7) is 3.58. The van der Waals surface area contributed by atoms with Gasteiger partial charge in [-0.05, 0) is 25.0 Å². The Morgan fingerprint density at radius 2 is 2.00 bits per heavy atom. The van der Waals surface area contributed by atoms with E-state index in [-0.39, 0.29) is 0 Å². The van der Waals surface area contributed by atoms with Gasteiger partial charge < -0.3 is 14.4 Å². The maximum atomic E-state index is 5.59. The molecule has 0 amide bonds. The van der Waals surface area contributed by atoms with Gasteiger partial charge in [0.05, 0.1) is 6.61 Å². The molecule has 1 aromatic carbocycles. The largest absolute Gasteiger partial charge is 0.491 e. The second-order valence-corrected chi connectivity index (χ2v) is 4.03. The maximum absolute atomic E-state index is 5.59. The first-order valence-electron chi connectivity index (χ1n) is 5.87. The molecule has 3 heteroatoms. The Bertz CT molecular complexity index is 321. The van der Waals surface area contributed by atoms with Gasteiger partial charge in [0.15, 0.2) is 0 Å². The zero-order valence-electron chi connectivity index (χ0n) is 9.82. The highest BCUT2D eigenvalue weighted by molar-refractivity contribution is 5.51. The minimum Gasteiger partial charge on any atom is -0.491 e. The summed E-state index contributed by atoms with van der Waals surface area (Å²) in [6, 6.07) is 8.31. The molecule has 0 bridgehead atoms. The second-order valence-electron chi connectivity index (χ2n) is 4.03. The lowest BCUT2D eigenvalue weighted by Crippen LogP contribution is -2.17. The smallest absolute Gasteiger partial charge is 0.121 e. The van der Waals surface area contributed by atoms with Crippen molar-refractivity contribution < 1.29 is 9.47 Å². The van der Waals surface area contributed by atoms with Crippen LogP contribution in [0, 0.1) is 0 Å². The topological polar surface area (TPSA) is 21.7 Å². The quantitative estimate of drug-likeness (QED) is 0.712. The molecule has 88 valence electrons. The van der Waals surface area contributed by atoms with Gasteiger partial charge in [0.25, 0.3) is 0 Å².